The maximum Gasteiger partial charge on any atom is 0.328 e. The molecule has 0 aromatic carbocycles. The summed E-state index contributed by atoms with van der Waals surface area (Å²) in [5.41, 5.74) is -0.329. The summed E-state index contributed by atoms with van der Waals surface area (Å²) in [5, 5.41) is 12.5. The van der Waals surface area contributed by atoms with E-state index in [0.717, 1.165) is 4.68 Å². The Kier molecular flexibility index (Phi) is 3.85. The van der Waals surface area contributed by atoms with Gasteiger partial charge < -0.3 is 5.11 Å². The van der Waals surface area contributed by atoms with Crippen molar-refractivity contribution in [3.63, 3.8) is 0 Å². The first kappa shape index (κ1) is 12.9. The summed E-state index contributed by atoms with van der Waals surface area (Å²) in [6.07, 6.45) is -2.69. The molecule has 1 N–H and O–H groups in total. The van der Waals surface area contributed by atoms with Crippen molar-refractivity contribution in [1.29, 1.82) is 0 Å². The van der Waals surface area contributed by atoms with Gasteiger partial charge in [-0.2, -0.15) is 5.10 Å². The molecule has 90 valence electrons. The molecular formula is C9H11ClF2N2O2. The van der Waals surface area contributed by atoms with Gasteiger partial charge in [0.1, 0.15) is 11.7 Å². The summed E-state index contributed by atoms with van der Waals surface area (Å²) in [7, 11) is 0. The van der Waals surface area contributed by atoms with Crippen LogP contribution in [0.5, 0.6) is 0 Å². The molecule has 0 aliphatic rings. The first-order valence-corrected chi connectivity index (χ1v) is 5.03. The van der Waals surface area contributed by atoms with Crippen LogP contribution in [-0.2, 0) is 4.79 Å². The van der Waals surface area contributed by atoms with Gasteiger partial charge in [0.25, 0.3) is 6.43 Å². The predicted molar refractivity (Wildman–Crippen MR) is 53.9 cm³/mol. The number of nitrogens with zero attached hydrogens (tertiary/aromatic N) is 2. The molecule has 0 saturated carbocycles. The third kappa shape index (κ3) is 2.16. The van der Waals surface area contributed by atoms with Gasteiger partial charge in [0, 0.05) is 0 Å². The average molecular weight is 253 g/mol. The Morgan fingerprint density at radius 2 is 2.19 bits per heavy atom. The van der Waals surface area contributed by atoms with Gasteiger partial charge in [-0.25, -0.2) is 18.3 Å². The Morgan fingerprint density at radius 1 is 1.62 bits per heavy atom. The highest BCUT2D eigenvalue weighted by atomic mass is 35.5. The molecule has 0 amide bonds. The molecule has 16 heavy (non-hydrogen) atoms. The van der Waals surface area contributed by atoms with Crippen LogP contribution in [0.25, 0.3) is 0 Å². The molecule has 0 spiro atoms. The number of carbonyl (C=O) groups is 1. The maximum absolute atomic E-state index is 12.7. The van der Waals surface area contributed by atoms with Crippen molar-refractivity contribution in [2.24, 2.45) is 0 Å². The van der Waals surface area contributed by atoms with Gasteiger partial charge >= 0.3 is 5.97 Å². The van der Waals surface area contributed by atoms with E-state index < -0.39 is 24.1 Å². The number of hydrogen-bond acceptors (Lipinski definition) is 2. The minimum Gasteiger partial charge on any atom is -0.480 e. The van der Waals surface area contributed by atoms with Crippen LogP contribution in [0.4, 0.5) is 8.78 Å². The summed E-state index contributed by atoms with van der Waals surface area (Å²) in [6.45, 7) is 3.04. The van der Waals surface area contributed by atoms with Crippen molar-refractivity contribution in [2.45, 2.75) is 32.7 Å². The Morgan fingerprint density at radius 3 is 2.56 bits per heavy atom. The zero-order valence-corrected chi connectivity index (χ0v) is 9.50. The van der Waals surface area contributed by atoms with Gasteiger partial charge in [0.15, 0.2) is 0 Å². The van der Waals surface area contributed by atoms with Crippen LogP contribution in [0.15, 0.2) is 0 Å². The van der Waals surface area contributed by atoms with Gasteiger partial charge in [-0.1, -0.05) is 18.5 Å². The van der Waals surface area contributed by atoms with Crippen LogP contribution in [0, 0.1) is 6.92 Å². The van der Waals surface area contributed by atoms with E-state index in [-0.39, 0.29) is 17.1 Å². The summed E-state index contributed by atoms with van der Waals surface area (Å²) >= 11 is 5.66. The Hall–Kier alpha value is -1.17. The van der Waals surface area contributed by atoms with Gasteiger partial charge in [0.2, 0.25) is 0 Å². The predicted octanol–water partition coefficient (Wildman–Crippen LogP) is 2.82. The minimum atomic E-state index is -2.85. The summed E-state index contributed by atoms with van der Waals surface area (Å²) < 4.78 is 26.2. The van der Waals surface area contributed by atoms with Gasteiger partial charge in [-0.15, -0.1) is 0 Å². The largest absolute Gasteiger partial charge is 0.480 e. The fourth-order valence-electron chi connectivity index (χ4n) is 1.43. The Bertz CT molecular complexity index is 406. The minimum absolute atomic E-state index is 0.159. The van der Waals surface area contributed by atoms with Crippen molar-refractivity contribution in [3.05, 3.63) is 16.4 Å². The van der Waals surface area contributed by atoms with Crippen molar-refractivity contribution < 1.29 is 18.7 Å². The lowest BCUT2D eigenvalue weighted by molar-refractivity contribution is -0.141. The quantitative estimate of drug-likeness (QED) is 0.896. The van der Waals surface area contributed by atoms with E-state index in [9.17, 15) is 13.6 Å². The third-order valence-electron chi connectivity index (χ3n) is 2.22. The summed E-state index contributed by atoms with van der Waals surface area (Å²) in [5.74, 6) is -1.21. The molecule has 0 aliphatic heterocycles. The highest BCUT2D eigenvalue weighted by Crippen LogP contribution is 2.32. The number of carboxylic acid groups (broad SMARTS) is 1. The normalized spacial score (nSPS) is 13.1. The maximum atomic E-state index is 12.7. The fourth-order valence-corrected chi connectivity index (χ4v) is 1.64. The number of rotatable bonds is 4. The first-order chi connectivity index (χ1) is 7.40. The van der Waals surface area contributed by atoms with Gasteiger partial charge in [-0.3, -0.25) is 0 Å². The number of carboxylic acids is 1. The van der Waals surface area contributed by atoms with Crippen molar-refractivity contribution in [2.75, 3.05) is 0 Å². The number of aryl methyl sites for hydroxylation is 1. The second kappa shape index (κ2) is 4.78. The zero-order chi connectivity index (χ0) is 12.5. The second-order valence-electron chi connectivity index (χ2n) is 3.29. The second-order valence-corrected chi connectivity index (χ2v) is 3.67. The standard InChI is InChI=1S/C9H11ClF2N2O2/c1-3-5(9(15)16)14-7(8(11)12)6(10)4(2)13-14/h5,8H,3H2,1-2H3,(H,15,16). The van der Waals surface area contributed by atoms with Crippen LogP contribution in [0.2, 0.25) is 5.02 Å². The van der Waals surface area contributed by atoms with Crippen LogP contribution < -0.4 is 0 Å². The molecule has 4 nitrogen and oxygen atoms in total. The molecular weight excluding hydrogens is 242 g/mol. The lowest BCUT2D eigenvalue weighted by atomic mass is 10.2. The van der Waals surface area contributed by atoms with E-state index in [2.05, 4.69) is 5.10 Å². The molecule has 1 rings (SSSR count). The Balaban J connectivity index is 3.32. The van der Waals surface area contributed by atoms with Crippen molar-refractivity contribution in [3.8, 4) is 0 Å². The molecule has 0 aliphatic carbocycles. The first-order valence-electron chi connectivity index (χ1n) is 4.65. The van der Waals surface area contributed by atoms with Crippen LogP contribution >= 0.6 is 11.6 Å². The van der Waals surface area contributed by atoms with E-state index in [1.165, 1.54) is 6.92 Å². The Labute approximate surface area is 95.8 Å². The van der Waals surface area contributed by atoms with Gasteiger partial charge in [-0.05, 0) is 13.3 Å². The zero-order valence-electron chi connectivity index (χ0n) is 8.75. The topological polar surface area (TPSA) is 55.1 Å². The van der Waals surface area contributed by atoms with E-state index in [0.29, 0.717) is 0 Å². The number of hydrogen-bond donors (Lipinski definition) is 1. The molecule has 1 unspecified atom stereocenters. The molecule has 7 heteroatoms. The molecule has 0 bridgehead atoms. The molecule has 1 atom stereocenters. The van der Waals surface area contributed by atoms with Crippen molar-refractivity contribution in [1.82, 2.24) is 9.78 Å². The lowest BCUT2D eigenvalue weighted by Gasteiger charge is -2.13. The van der Waals surface area contributed by atoms with E-state index in [1.54, 1.807) is 6.92 Å². The van der Waals surface area contributed by atoms with Gasteiger partial charge in [0.05, 0.1) is 10.7 Å². The molecule has 0 fully saturated rings. The third-order valence-corrected chi connectivity index (χ3v) is 2.69. The number of halogens is 3. The highest BCUT2D eigenvalue weighted by Gasteiger charge is 2.28. The summed E-state index contributed by atoms with van der Waals surface area (Å²) in [4.78, 5) is 10.9. The van der Waals surface area contributed by atoms with E-state index in [1.807, 2.05) is 0 Å². The monoisotopic (exact) mass is 252 g/mol. The highest BCUT2D eigenvalue weighted by molar-refractivity contribution is 6.31. The molecule has 0 saturated heterocycles. The van der Waals surface area contributed by atoms with Crippen LogP contribution in [0.1, 0.15) is 37.2 Å². The smallest absolute Gasteiger partial charge is 0.328 e. The molecule has 1 aromatic heterocycles. The van der Waals surface area contributed by atoms with E-state index >= 15 is 0 Å². The molecule has 1 aromatic rings. The lowest BCUT2D eigenvalue weighted by Crippen LogP contribution is -2.21. The molecule has 1 heterocycles. The van der Waals surface area contributed by atoms with Crippen LogP contribution in [-0.4, -0.2) is 20.9 Å². The SMILES string of the molecule is CCC(C(=O)O)n1nc(C)c(Cl)c1C(F)F. The van der Waals surface area contributed by atoms with Crippen LogP contribution in [0.3, 0.4) is 0 Å². The van der Waals surface area contributed by atoms with Crippen molar-refractivity contribution >= 4 is 17.6 Å². The number of aliphatic carboxylic acids is 1. The fraction of sp³-hybridized carbons (Fsp3) is 0.556. The average Bonchev–Trinajstić information content (AvgIpc) is 2.43. The molecule has 0 radical (unpaired) electrons. The summed E-state index contributed by atoms with van der Waals surface area (Å²) in [6, 6.07) is -1.12. The van der Waals surface area contributed by atoms with E-state index in [4.69, 9.17) is 16.7 Å². The number of alkyl halides is 2. The number of aromatic nitrogens is 2.